The van der Waals surface area contributed by atoms with Crippen LogP contribution >= 0.6 is 0 Å². The van der Waals surface area contributed by atoms with E-state index in [0.717, 1.165) is 12.0 Å². The van der Waals surface area contributed by atoms with Crippen molar-refractivity contribution in [2.75, 3.05) is 17.2 Å². The maximum Gasteiger partial charge on any atom is 0.413 e. The summed E-state index contributed by atoms with van der Waals surface area (Å²) in [5.41, 5.74) is 1.13. The molecule has 1 aromatic heterocycles. The lowest BCUT2D eigenvalue weighted by atomic mass is 9.89. The van der Waals surface area contributed by atoms with Gasteiger partial charge in [-0.2, -0.15) is 0 Å². The Labute approximate surface area is 216 Å². The summed E-state index contributed by atoms with van der Waals surface area (Å²) in [6.45, 7) is 10.8. The molecule has 0 spiro atoms. The van der Waals surface area contributed by atoms with Crippen LogP contribution in [-0.4, -0.2) is 45.9 Å². The number of likely N-dealkylation sites (tertiary alicyclic amines) is 1. The predicted molar refractivity (Wildman–Crippen MR) is 138 cm³/mol. The van der Waals surface area contributed by atoms with Crippen LogP contribution in [0.5, 0.6) is 5.75 Å². The minimum atomic E-state index is -0.773. The molecule has 2 N–H and O–H groups in total. The van der Waals surface area contributed by atoms with E-state index in [1.165, 1.54) is 13.1 Å². The second kappa shape index (κ2) is 11.4. The number of carbonyl (C=O) groups excluding carboxylic acids is 4. The van der Waals surface area contributed by atoms with Crippen molar-refractivity contribution in [2.24, 2.45) is 5.92 Å². The first-order chi connectivity index (χ1) is 17.3. The van der Waals surface area contributed by atoms with E-state index in [-0.39, 0.29) is 12.0 Å². The molecule has 0 saturated carbocycles. The maximum atomic E-state index is 13.2. The van der Waals surface area contributed by atoms with E-state index in [2.05, 4.69) is 15.6 Å². The average Bonchev–Trinajstić information content (AvgIpc) is 2.79. The zero-order valence-corrected chi connectivity index (χ0v) is 22.1. The largest absolute Gasteiger partial charge is 0.444 e. The molecule has 198 valence electrons. The Morgan fingerprint density at radius 1 is 1.05 bits per heavy atom. The highest BCUT2D eigenvalue weighted by Crippen LogP contribution is 2.34. The Hall–Kier alpha value is -3.95. The van der Waals surface area contributed by atoms with Gasteiger partial charge in [-0.05, 0) is 75.8 Å². The molecule has 0 radical (unpaired) electrons. The second-order valence-electron chi connectivity index (χ2n) is 10.3. The van der Waals surface area contributed by atoms with Gasteiger partial charge >= 0.3 is 23.9 Å². The van der Waals surface area contributed by atoms with Gasteiger partial charge in [-0.15, -0.1) is 0 Å². The van der Waals surface area contributed by atoms with E-state index < -0.39 is 29.5 Å². The van der Waals surface area contributed by atoms with Crippen molar-refractivity contribution in [1.29, 1.82) is 0 Å². The molecule has 10 heteroatoms. The van der Waals surface area contributed by atoms with Crippen LogP contribution in [0.1, 0.15) is 64.6 Å². The van der Waals surface area contributed by atoms with Gasteiger partial charge in [0.25, 0.3) is 0 Å². The number of aryl methyl sites for hydroxylation is 1. The number of esters is 1. The van der Waals surface area contributed by atoms with Gasteiger partial charge in [0.2, 0.25) is 0 Å². The van der Waals surface area contributed by atoms with E-state index in [1.807, 2.05) is 6.92 Å². The Morgan fingerprint density at radius 2 is 1.73 bits per heavy atom. The molecule has 1 aliphatic rings. The molecule has 2 aromatic rings. The first kappa shape index (κ1) is 27.6. The number of benzene rings is 1. The van der Waals surface area contributed by atoms with Crippen molar-refractivity contribution >= 4 is 35.4 Å². The lowest BCUT2D eigenvalue weighted by Gasteiger charge is -2.38. The molecule has 2 heterocycles. The molecule has 2 atom stereocenters. The number of aromatic nitrogens is 1. The van der Waals surface area contributed by atoms with Crippen LogP contribution in [0.3, 0.4) is 0 Å². The number of nitrogens with zero attached hydrogens (tertiary/aromatic N) is 2. The molecular formula is C27H34N4O6. The first-order valence-corrected chi connectivity index (χ1v) is 12.2. The third-order valence-electron chi connectivity index (χ3n) is 5.75. The number of pyridine rings is 1. The van der Waals surface area contributed by atoms with Crippen molar-refractivity contribution in [2.45, 2.75) is 66.0 Å². The molecule has 0 aliphatic carbocycles. The van der Waals surface area contributed by atoms with Gasteiger partial charge in [-0.1, -0.05) is 19.1 Å². The number of anilines is 2. The van der Waals surface area contributed by atoms with Crippen LogP contribution in [0.15, 0.2) is 36.5 Å². The molecule has 37 heavy (non-hydrogen) atoms. The number of amides is 3. The van der Waals surface area contributed by atoms with Gasteiger partial charge in [0.1, 0.15) is 17.2 Å². The number of rotatable bonds is 4. The Balaban J connectivity index is 1.70. The molecule has 0 bridgehead atoms. The maximum absolute atomic E-state index is 13.2. The number of hydrogen-bond acceptors (Lipinski definition) is 7. The average molecular weight is 511 g/mol. The van der Waals surface area contributed by atoms with Crippen molar-refractivity contribution in [1.82, 2.24) is 9.88 Å². The standard InChI is InChI=1S/C27H34N4O6/c1-16-7-12-22(19-8-10-21(11-9-19)36-18(3)32)31(15-16)25(34)24(33)29-20-13-17(2)23(28-14-20)30-26(35)37-27(4,5)6/h8-11,13-14,16,22H,7,12,15H2,1-6H3,(H,29,33)(H,28,30,35)/t16-,22+/m0/s1. The van der Waals surface area contributed by atoms with Crippen LogP contribution in [-0.2, 0) is 19.1 Å². The summed E-state index contributed by atoms with van der Waals surface area (Å²) in [4.78, 5) is 55.1. The monoisotopic (exact) mass is 510 g/mol. The summed E-state index contributed by atoms with van der Waals surface area (Å²) in [6.07, 6.45) is 2.35. The number of ether oxygens (including phenoxy) is 2. The highest BCUT2D eigenvalue weighted by atomic mass is 16.6. The molecule has 10 nitrogen and oxygen atoms in total. The zero-order valence-electron chi connectivity index (χ0n) is 22.1. The van der Waals surface area contributed by atoms with E-state index in [0.29, 0.717) is 35.8 Å². The lowest BCUT2D eigenvalue weighted by Crippen LogP contribution is -2.46. The van der Waals surface area contributed by atoms with E-state index in [9.17, 15) is 19.2 Å². The molecular weight excluding hydrogens is 476 g/mol. The minimum absolute atomic E-state index is 0.246. The van der Waals surface area contributed by atoms with Crippen LogP contribution in [0, 0.1) is 12.8 Å². The summed E-state index contributed by atoms with van der Waals surface area (Å²) in [6, 6.07) is 8.31. The smallest absolute Gasteiger partial charge is 0.413 e. The summed E-state index contributed by atoms with van der Waals surface area (Å²) in [5, 5.41) is 5.20. The topological polar surface area (TPSA) is 127 Å². The molecule has 1 saturated heterocycles. The van der Waals surface area contributed by atoms with Gasteiger partial charge < -0.3 is 19.7 Å². The van der Waals surface area contributed by atoms with Gasteiger partial charge in [0.15, 0.2) is 0 Å². The third kappa shape index (κ3) is 7.77. The predicted octanol–water partition coefficient (Wildman–Crippen LogP) is 4.60. The van der Waals surface area contributed by atoms with Crippen molar-refractivity contribution in [3.8, 4) is 5.75 Å². The SMILES string of the molecule is CC(=O)Oc1ccc([C@H]2CC[C@H](C)CN2C(=O)C(=O)Nc2cnc(NC(=O)OC(C)(C)C)c(C)c2)cc1. The van der Waals surface area contributed by atoms with Crippen molar-refractivity contribution < 1.29 is 28.7 Å². The molecule has 1 aromatic carbocycles. The van der Waals surface area contributed by atoms with Crippen molar-refractivity contribution in [3.05, 3.63) is 47.7 Å². The quantitative estimate of drug-likeness (QED) is 0.350. The minimum Gasteiger partial charge on any atom is -0.444 e. The van der Waals surface area contributed by atoms with E-state index in [1.54, 1.807) is 62.9 Å². The van der Waals surface area contributed by atoms with E-state index >= 15 is 0 Å². The van der Waals surface area contributed by atoms with Gasteiger partial charge in [0, 0.05) is 13.5 Å². The van der Waals surface area contributed by atoms with Gasteiger partial charge in [0.05, 0.1) is 17.9 Å². The van der Waals surface area contributed by atoms with Crippen LogP contribution in [0.25, 0.3) is 0 Å². The van der Waals surface area contributed by atoms with Gasteiger partial charge in [-0.25, -0.2) is 9.78 Å². The van der Waals surface area contributed by atoms with Crippen molar-refractivity contribution in [3.63, 3.8) is 0 Å². The first-order valence-electron chi connectivity index (χ1n) is 12.2. The number of carbonyl (C=O) groups is 4. The molecule has 3 rings (SSSR count). The summed E-state index contributed by atoms with van der Waals surface area (Å²) >= 11 is 0. The second-order valence-corrected chi connectivity index (χ2v) is 10.3. The highest BCUT2D eigenvalue weighted by Gasteiger charge is 2.34. The molecule has 1 aliphatic heterocycles. The molecule has 1 fully saturated rings. The lowest BCUT2D eigenvalue weighted by molar-refractivity contribution is -0.146. The molecule has 3 amide bonds. The van der Waals surface area contributed by atoms with E-state index in [4.69, 9.17) is 9.47 Å². The fraction of sp³-hybridized carbons (Fsp3) is 0.444. The third-order valence-corrected chi connectivity index (χ3v) is 5.75. The normalized spacial score (nSPS) is 17.5. The number of piperidine rings is 1. The summed E-state index contributed by atoms with van der Waals surface area (Å²) in [5.74, 6) is -0.871. The Kier molecular flexibility index (Phi) is 8.52. The van der Waals surface area contributed by atoms with Gasteiger partial charge in [-0.3, -0.25) is 19.7 Å². The Morgan fingerprint density at radius 3 is 2.32 bits per heavy atom. The molecule has 0 unspecified atom stereocenters. The van der Waals surface area contributed by atoms with Crippen LogP contribution in [0.2, 0.25) is 0 Å². The van der Waals surface area contributed by atoms with Crippen LogP contribution in [0.4, 0.5) is 16.3 Å². The zero-order chi connectivity index (χ0) is 27.3. The fourth-order valence-electron chi connectivity index (χ4n) is 4.14. The summed E-state index contributed by atoms with van der Waals surface area (Å²) < 4.78 is 10.3. The number of nitrogens with one attached hydrogen (secondary N) is 2. The summed E-state index contributed by atoms with van der Waals surface area (Å²) in [7, 11) is 0. The fourth-order valence-corrected chi connectivity index (χ4v) is 4.14. The van der Waals surface area contributed by atoms with Crippen LogP contribution < -0.4 is 15.4 Å². The highest BCUT2D eigenvalue weighted by molar-refractivity contribution is 6.39. The number of hydrogen-bond donors (Lipinski definition) is 2. The Bertz CT molecular complexity index is 1170.